The van der Waals surface area contributed by atoms with Crippen LogP contribution in [0.25, 0.3) is 0 Å². The van der Waals surface area contributed by atoms with Crippen LogP contribution in [0.5, 0.6) is 5.75 Å². The molecule has 1 rings (SSSR count). The molecule has 5 heteroatoms. The number of nitriles is 2. The molecule has 0 saturated heterocycles. The number of para-hydroxylation sites is 1. The number of aromatic hydroxyl groups is 1. The smallest absolute Gasteiger partial charge is 0.129 e. The van der Waals surface area contributed by atoms with Gasteiger partial charge in [-0.05, 0) is 24.3 Å². The third-order valence-electron chi connectivity index (χ3n) is 2.39. The zero-order valence-electron chi connectivity index (χ0n) is 11.7. The maximum absolute atomic E-state index is 9.54. The van der Waals surface area contributed by atoms with E-state index in [1.807, 2.05) is 0 Å². The maximum atomic E-state index is 9.54. The standard InChI is InChI=1S/C17H14N4O/c18-10-14(11-19)6-2-1-3-8-16(20)13-21-12-15-7-4-5-9-17(15)22/h1-9,12-13,22H,20H2/b2-1+,8-3+,16-13-,21-12?. The third-order valence-corrected chi connectivity index (χ3v) is 2.39. The van der Waals surface area contributed by atoms with E-state index >= 15 is 0 Å². The predicted octanol–water partition coefficient (Wildman–Crippen LogP) is 2.70. The van der Waals surface area contributed by atoms with Crippen molar-refractivity contribution in [2.45, 2.75) is 0 Å². The van der Waals surface area contributed by atoms with Crippen molar-refractivity contribution < 1.29 is 5.11 Å². The van der Waals surface area contributed by atoms with Crippen LogP contribution in [0.15, 0.2) is 77.1 Å². The minimum Gasteiger partial charge on any atom is -0.507 e. The highest BCUT2D eigenvalue weighted by Gasteiger charge is 1.93. The summed E-state index contributed by atoms with van der Waals surface area (Å²) >= 11 is 0. The predicted molar refractivity (Wildman–Crippen MR) is 85.6 cm³/mol. The monoisotopic (exact) mass is 290 g/mol. The van der Waals surface area contributed by atoms with Gasteiger partial charge in [-0.25, -0.2) is 0 Å². The zero-order chi connectivity index (χ0) is 16.2. The number of hydrogen-bond donors (Lipinski definition) is 2. The van der Waals surface area contributed by atoms with Crippen molar-refractivity contribution in [3.63, 3.8) is 0 Å². The van der Waals surface area contributed by atoms with Crippen molar-refractivity contribution >= 4 is 6.21 Å². The van der Waals surface area contributed by atoms with Gasteiger partial charge in [-0.2, -0.15) is 10.5 Å². The molecule has 0 aliphatic heterocycles. The minimum atomic E-state index is 0.0282. The van der Waals surface area contributed by atoms with Gasteiger partial charge in [-0.3, -0.25) is 4.99 Å². The number of allylic oxidation sites excluding steroid dienone is 6. The minimum absolute atomic E-state index is 0.0282. The molecule has 0 aliphatic carbocycles. The molecule has 22 heavy (non-hydrogen) atoms. The fourth-order valence-corrected chi connectivity index (χ4v) is 1.33. The van der Waals surface area contributed by atoms with Crippen LogP contribution in [0, 0.1) is 22.7 Å². The number of hydrogen-bond acceptors (Lipinski definition) is 5. The Kier molecular flexibility index (Phi) is 7.01. The van der Waals surface area contributed by atoms with Crippen molar-refractivity contribution in [3.05, 3.63) is 77.7 Å². The molecule has 0 amide bonds. The van der Waals surface area contributed by atoms with E-state index in [-0.39, 0.29) is 11.3 Å². The second kappa shape index (κ2) is 9.35. The van der Waals surface area contributed by atoms with E-state index in [2.05, 4.69) is 4.99 Å². The second-order valence-electron chi connectivity index (χ2n) is 4.01. The first kappa shape index (κ1) is 16.5. The normalized spacial score (nSPS) is 11.6. The largest absolute Gasteiger partial charge is 0.507 e. The van der Waals surface area contributed by atoms with Gasteiger partial charge in [-0.15, -0.1) is 0 Å². The van der Waals surface area contributed by atoms with Crippen molar-refractivity contribution in [2.24, 2.45) is 10.7 Å². The van der Waals surface area contributed by atoms with Crippen molar-refractivity contribution in [1.29, 1.82) is 10.5 Å². The van der Waals surface area contributed by atoms with E-state index < -0.39 is 0 Å². The summed E-state index contributed by atoms with van der Waals surface area (Å²) in [4.78, 5) is 4.01. The molecule has 0 saturated carbocycles. The molecule has 3 N–H and O–H groups in total. The molecule has 5 nitrogen and oxygen atoms in total. The summed E-state index contributed by atoms with van der Waals surface area (Å²) in [6.07, 6.45) is 10.8. The van der Waals surface area contributed by atoms with Crippen molar-refractivity contribution in [1.82, 2.24) is 0 Å². The van der Waals surface area contributed by atoms with Gasteiger partial charge in [-0.1, -0.05) is 30.4 Å². The van der Waals surface area contributed by atoms with E-state index in [4.69, 9.17) is 16.3 Å². The lowest BCUT2D eigenvalue weighted by atomic mass is 10.2. The fraction of sp³-hybridized carbons (Fsp3) is 0. The first-order valence-corrected chi connectivity index (χ1v) is 6.29. The number of nitrogens with two attached hydrogens (primary N) is 1. The molecule has 1 aromatic carbocycles. The van der Waals surface area contributed by atoms with Crippen LogP contribution >= 0.6 is 0 Å². The van der Waals surface area contributed by atoms with Gasteiger partial charge < -0.3 is 10.8 Å². The molecule has 0 atom stereocenters. The molecule has 0 heterocycles. The average molecular weight is 290 g/mol. The Balaban J connectivity index is 2.60. The highest BCUT2D eigenvalue weighted by molar-refractivity contribution is 5.83. The van der Waals surface area contributed by atoms with Gasteiger partial charge in [0, 0.05) is 23.7 Å². The molecule has 0 aromatic heterocycles. The van der Waals surface area contributed by atoms with Crippen LogP contribution in [0.4, 0.5) is 0 Å². The molecule has 0 spiro atoms. The Hall–Kier alpha value is -3.57. The number of aliphatic imine (C=N–C) groups is 1. The van der Waals surface area contributed by atoms with Crippen LogP contribution < -0.4 is 5.73 Å². The number of benzene rings is 1. The summed E-state index contributed by atoms with van der Waals surface area (Å²) in [6.45, 7) is 0. The molecule has 0 unspecified atom stereocenters. The number of nitrogens with zero attached hydrogens (tertiary/aromatic N) is 3. The lowest BCUT2D eigenvalue weighted by molar-refractivity contribution is 0.474. The van der Waals surface area contributed by atoms with Crippen LogP contribution in [-0.2, 0) is 0 Å². The van der Waals surface area contributed by atoms with Gasteiger partial charge in [0.1, 0.15) is 23.5 Å². The Morgan fingerprint density at radius 3 is 2.55 bits per heavy atom. The van der Waals surface area contributed by atoms with Gasteiger partial charge in [0.15, 0.2) is 0 Å². The number of phenolic OH excluding ortho intramolecular Hbond substituents is 1. The maximum Gasteiger partial charge on any atom is 0.129 e. The quantitative estimate of drug-likeness (QED) is 0.494. The Labute approximate surface area is 129 Å². The Morgan fingerprint density at radius 2 is 1.86 bits per heavy atom. The molecule has 1 aromatic rings. The zero-order valence-corrected chi connectivity index (χ0v) is 11.7. The van der Waals surface area contributed by atoms with Crippen molar-refractivity contribution in [3.8, 4) is 17.9 Å². The van der Waals surface area contributed by atoms with Crippen LogP contribution in [0.1, 0.15) is 5.56 Å². The van der Waals surface area contributed by atoms with Crippen LogP contribution in [-0.4, -0.2) is 11.3 Å². The summed E-state index contributed by atoms with van der Waals surface area (Å²) in [5, 5.41) is 26.6. The van der Waals surface area contributed by atoms with Gasteiger partial charge in [0.05, 0.1) is 0 Å². The molecule has 0 fully saturated rings. The lowest BCUT2D eigenvalue weighted by Gasteiger charge is -1.95. The third kappa shape index (κ3) is 6.05. The van der Waals surface area contributed by atoms with Gasteiger partial charge in [0.25, 0.3) is 0 Å². The van der Waals surface area contributed by atoms with E-state index in [1.54, 1.807) is 60.7 Å². The van der Waals surface area contributed by atoms with Gasteiger partial charge >= 0.3 is 0 Å². The highest BCUT2D eigenvalue weighted by Crippen LogP contribution is 2.12. The molecular formula is C17H14N4O. The number of rotatable bonds is 5. The molecule has 0 bridgehead atoms. The topological polar surface area (TPSA) is 106 Å². The summed E-state index contributed by atoms with van der Waals surface area (Å²) in [5.74, 6) is 0.147. The average Bonchev–Trinajstić information content (AvgIpc) is 2.53. The lowest BCUT2D eigenvalue weighted by Crippen LogP contribution is -1.91. The Bertz CT molecular complexity index is 725. The first-order valence-electron chi connectivity index (χ1n) is 6.29. The summed E-state index contributed by atoms with van der Waals surface area (Å²) < 4.78 is 0. The number of phenols is 1. The molecular weight excluding hydrogens is 276 g/mol. The SMILES string of the molecule is N#CC(C#N)=C/C=C/C=C/C(N)=C/N=Cc1ccccc1O. The molecule has 108 valence electrons. The highest BCUT2D eigenvalue weighted by atomic mass is 16.3. The second-order valence-corrected chi connectivity index (χ2v) is 4.01. The van der Waals surface area contributed by atoms with Crippen molar-refractivity contribution in [2.75, 3.05) is 0 Å². The van der Waals surface area contributed by atoms with Crippen LogP contribution in [0.2, 0.25) is 0 Å². The van der Waals surface area contributed by atoms with E-state index in [9.17, 15) is 5.11 Å². The molecule has 0 radical (unpaired) electrons. The van der Waals surface area contributed by atoms with E-state index in [0.29, 0.717) is 11.3 Å². The van der Waals surface area contributed by atoms with Gasteiger partial charge in [0.2, 0.25) is 0 Å². The molecule has 0 aliphatic rings. The Morgan fingerprint density at radius 1 is 1.14 bits per heavy atom. The fourth-order valence-electron chi connectivity index (χ4n) is 1.33. The summed E-state index contributed by atoms with van der Waals surface area (Å²) in [6, 6.07) is 10.3. The van der Waals surface area contributed by atoms with Crippen LogP contribution in [0.3, 0.4) is 0 Å². The van der Waals surface area contributed by atoms with E-state index in [0.717, 1.165) is 0 Å². The first-order chi connectivity index (χ1) is 10.7. The summed E-state index contributed by atoms with van der Waals surface area (Å²) in [5.41, 5.74) is 6.76. The summed E-state index contributed by atoms with van der Waals surface area (Å²) in [7, 11) is 0. The van der Waals surface area contributed by atoms with E-state index in [1.165, 1.54) is 18.5 Å².